The third-order valence-corrected chi connectivity index (χ3v) is 2.74. The highest BCUT2D eigenvalue weighted by Gasteiger charge is 2.21. The molecule has 1 aliphatic rings. The van der Waals surface area contributed by atoms with E-state index >= 15 is 0 Å². The average molecular weight is 190 g/mol. The van der Waals surface area contributed by atoms with Gasteiger partial charge in [-0.3, -0.25) is 0 Å². The summed E-state index contributed by atoms with van der Waals surface area (Å²) in [5, 5.41) is 3.55. The predicted octanol–water partition coefficient (Wildman–Crippen LogP) is 1.40. The molecule has 76 valence electrons. The second-order valence-electron chi connectivity index (χ2n) is 4.29. The Balaban J connectivity index is 1.80. The number of hydrogen-bond donors (Lipinski definition) is 1. The van der Waals surface area contributed by atoms with Crippen molar-refractivity contribution < 1.29 is 0 Å². The maximum Gasteiger partial charge on any atom is 0.0325 e. The number of nitrogens with zero attached hydrogens (tertiary/aromatic N) is 1. The molecule has 1 fully saturated rings. The van der Waals surface area contributed by atoms with Crippen LogP contribution >= 0.6 is 0 Å². The fourth-order valence-electron chi connectivity index (χ4n) is 1.91. The van der Waals surface area contributed by atoms with Crippen LogP contribution in [0.5, 0.6) is 0 Å². The summed E-state index contributed by atoms with van der Waals surface area (Å²) < 4.78 is 0. The van der Waals surface area contributed by atoms with Gasteiger partial charge in [-0.2, -0.15) is 0 Å². The SMILES string of the molecule is Cc1cccc(CNC2CN(C)C2)c1. The number of likely N-dealkylation sites (tertiary alicyclic amines) is 1. The number of aryl methyl sites for hydroxylation is 1. The van der Waals surface area contributed by atoms with Crippen LogP contribution in [-0.4, -0.2) is 31.1 Å². The van der Waals surface area contributed by atoms with E-state index in [1.54, 1.807) is 0 Å². The summed E-state index contributed by atoms with van der Waals surface area (Å²) in [5.74, 6) is 0. The lowest BCUT2D eigenvalue weighted by atomic mass is 10.1. The molecule has 2 nitrogen and oxygen atoms in total. The molecule has 0 atom stereocenters. The highest BCUT2D eigenvalue weighted by Crippen LogP contribution is 2.07. The van der Waals surface area contributed by atoms with E-state index in [0.29, 0.717) is 6.04 Å². The van der Waals surface area contributed by atoms with Crippen LogP contribution in [0, 0.1) is 6.92 Å². The monoisotopic (exact) mass is 190 g/mol. The summed E-state index contributed by atoms with van der Waals surface area (Å²) in [6.07, 6.45) is 0. The van der Waals surface area contributed by atoms with E-state index in [1.807, 2.05) is 0 Å². The number of benzene rings is 1. The van der Waals surface area contributed by atoms with Gasteiger partial charge in [0.1, 0.15) is 0 Å². The summed E-state index contributed by atoms with van der Waals surface area (Å²) >= 11 is 0. The van der Waals surface area contributed by atoms with Crippen molar-refractivity contribution in [3.05, 3.63) is 35.4 Å². The van der Waals surface area contributed by atoms with Crippen LogP contribution in [0.3, 0.4) is 0 Å². The van der Waals surface area contributed by atoms with Gasteiger partial charge in [0, 0.05) is 25.7 Å². The van der Waals surface area contributed by atoms with E-state index in [1.165, 1.54) is 24.2 Å². The van der Waals surface area contributed by atoms with Gasteiger partial charge >= 0.3 is 0 Å². The van der Waals surface area contributed by atoms with Crippen LogP contribution in [-0.2, 0) is 6.54 Å². The van der Waals surface area contributed by atoms with Crippen LogP contribution in [0.2, 0.25) is 0 Å². The van der Waals surface area contributed by atoms with Gasteiger partial charge in [-0.05, 0) is 19.5 Å². The third kappa shape index (κ3) is 2.34. The molecule has 0 aromatic heterocycles. The summed E-state index contributed by atoms with van der Waals surface area (Å²) in [4.78, 5) is 2.33. The van der Waals surface area contributed by atoms with Crippen molar-refractivity contribution in [2.45, 2.75) is 19.5 Å². The zero-order chi connectivity index (χ0) is 9.97. The molecule has 0 aliphatic carbocycles. The van der Waals surface area contributed by atoms with E-state index < -0.39 is 0 Å². The van der Waals surface area contributed by atoms with Crippen molar-refractivity contribution in [2.24, 2.45) is 0 Å². The molecule has 1 aliphatic heterocycles. The minimum absolute atomic E-state index is 0.695. The van der Waals surface area contributed by atoms with Crippen LogP contribution in [0.4, 0.5) is 0 Å². The van der Waals surface area contributed by atoms with Gasteiger partial charge < -0.3 is 10.2 Å². The van der Waals surface area contributed by atoms with E-state index in [2.05, 4.69) is 48.5 Å². The Morgan fingerprint density at radius 1 is 1.43 bits per heavy atom. The Kier molecular flexibility index (Phi) is 2.85. The Labute approximate surface area is 85.9 Å². The fourth-order valence-corrected chi connectivity index (χ4v) is 1.91. The Morgan fingerprint density at radius 3 is 2.86 bits per heavy atom. The second-order valence-corrected chi connectivity index (χ2v) is 4.29. The lowest BCUT2D eigenvalue weighted by Crippen LogP contribution is -2.55. The Bertz CT molecular complexity index is 303. The zero-order valence-corrected chi connectivity index (χ0v) is 8.96. The highest BCUT2D eigenvalue weighted by atomic mass is 15.2. The summed E-state index contributed by atoms with van der Waals surface area (Å²) in [6.45, 7) is 5.51. The van der Waals surface area contributed by atoms with E-state index in [4.69, 9.17) is 0 Å². The van der Waals surface area contributed by atoms with Gasteiger partial charge in [-0.15, -0.1) is 0 Å². The maximum absolute atomic E-state index is 3.55. The molecule has 0 unspecified atom stereocenters. The quantitative estimate of drug-likeness (QED) is 0.775. The summed E-state index contributed by atoms with van der Waals surface area (Å²) in [6, 6.07) is 9.39. The van der Waals surface area contributed by atoms with Crippen molar-refractivity contribution in [2.75, 3.05) is 20.1 Å². The Morgan fingerprint density at radius 2 is 2.21 bits per heavy atom. The van der Waals surface area contributed by atoms with Crippen molar-refractivity contribution in [3.63, 3.8) is 0 Å². The number of hydrogen-bond acceptors (Lipinski definition) is 2. The minimum atomic E-state index is 0.695. The van der Waals surface area contributed by atoms with Crippen LogP contribution < -0.4 is 5.32 Å². The molecular weight excluding hydrogens is 172 g/mol. The third-order valence-electron chi connectivity index (χ3n) is 2.74. The molecule has 0 amide bonds. The van der Waals surface area contributed by atoms with E-state index in [9.17, 15) is 0 Å². The molecule has 0 radical (unpaired) electrons. The molecule has 0 bridgehead atoms. The Hall–Kier alpha value is -0.860. The van der Waals surface area contributed by atoms with Crippen LogP contribution in [0.1, 0.15) is 11.1 Å². The van der Waals surface area contributed by atoms with Crippen molar-refractivity contribution in [1.29, 1.82) is 0 Å². The first-order valence-corrected chi connectivity index (χ1v) is 5.21. The van der Waals surface area contributed by atoms with Crippen molar-refractivity contribution in [3.8, 4) is 0 Å². The number of rotatable bonds is 3. The highest BCUT2D eigenvalue weighted by molar-refractivity contribution is 5.22. The lowest BCUT2D eigenvalue weighted by molar-refractivity contribution is 0.161. The van der Waals surface area contributed by atoms with Gasteiger partial charge in [0.15, 0.2) is 0 Å². The number of nitrogens with one attached hydrogen (secondary N) is 1. The van der Waals surface area contributed by atoms with Gasteiger partial charge in [-0.1, -0.05) is 29.8 Å². The van der Waals surface area contributed by atoms with E-state index in [-0.39, 0.29) is 0 Å². The lowest BCUT2D eigenvalue weighted by Gasteiger charge is -2.36. The van der Waals surface area contributed by atoms with Crippen molar-refractivity contribution in [1.82, 2.24) is 10.2 Å². The topological polar surface area (TPSA) is 15.3 Å². The average Bonchev–Trinajstić information content (AvgIpc) is 2.11. The predicted molar refractivity (Wildman–Crippen MR) is 59.3 cm³/mol. The summed E-state index contributed by atoms with van der Waals surface area (Å²) in [7, 11) is 2.16. The zero-order valence-electron chi connectivity index (χ0n) is 8.96. The van der Waals surface area contributed by atoms with Gasteiger partial charge in [0.2, 0.25) is 0 Å². The molecule has 14 heavy (non-hydrogen) atoms. The molecule has 1 N–H and O–H groups in total. The largest absolute Gasteiger partial charge is 0.307 e. The normalized spacial score (nSPS) is 18.1. The van der Waals surface area contributed by atoms with Crippen LogP contribution in [0.25, 0.3) is 0 Å². The molecule has 1 aromatic carbocycles. The van der Waals surface area contributed by atoms with E-state index in [0.717, 1.165) is 6.54 Å². The number of likely N-dealkylation sites (N-methyl/N-ethyl adjacent to an activating group) is 1. The molecule has 1 saturated heterocycles. The maximum atomic E-state index is 3.55. The molecule has 0 spiro atoms. The fraction of sp³-hybridized carbons (Fsp3) is 0.500. The molecular formula is C12H18N2. The molecule has 2 heteroatoms. The van der Waals surface area contributed by atoms with Gasteiger partial charge in [0.05, 0.1) is 0 Å². The van der Waals surface area contributed by atoms with Gasteiger partial charge in [-0.25, -0.2) is 0 Å². The first-order valence-electron chi connectivity index (χ1n) is 5.21. The van der Waals surface area contributed by atoms with Crippen molar-refractivity contribution >= 4 is 0 Å². The molecule has 0 saturated carbocycles. The summed E-state index contributed by atoms with van der Waals surface area (Å²) in [5.41, 5.74) is 2.73. The smallest absolute Gasteiger partial charge is 0.0325 e. The first kappa shape index (κ1) is 9.69. The molecule has 1 aromatic rings. The second kappa shape index (κ2) is 4.11. The minimum Gasteiger partial charge on any atom is -0.307 e. The van der Waals surface area contributed by atoms with Crippen LogP contribution in [0.15, 0.2) is 24.3 Å². The first-order chi connectivity index (χ1) is 6.74. The van der Waals surface area contributed by atoms with Gasteiger partial charge in [0.25, 0.3) is 0 Å². The molecule has 2 rings (SSSR count). The standard InChI is InChI=1S/C12H18N2/c1-10-4-3-5-11(6-10)7-13-12-8-14(2)9-12/h3-6,12-13H,7-9H2,1-2H3. The molecule has 1 heterocycles.